The van der Waals surface area contributed by atoms with E-state index in [1.54, 1.807) is 0 Å². The van der Waals surface area contributed by atoms with Gasteiger partial charge in [-0.05, 0) is 19.8 Å². The largest absolute Gasteiger partial charge is 0.352 e. The molecular weight excluding hydrogens is 298 g/mol. The van der Waals surface area contributed by atoms with Gasteiger partial charge in [-0.2, -0.15) is 4.72 Å². The minimum atomic E-state index is -3.74. The number of thiazole rings is 1. The standard InChI is InChI=1S/C9H12ClN3O3S2/c1-5(8(14)12-6-2-3-6)13-18(15,16)7-4-11-9(10)17-7/h4-6,13H,2-3H2,1H3,(H,12,14). The number of nitrogens with one attached hydrogen (secondary N) is 2. The van der Waals surface area contributed by atoms with Gasteiger partial charge in [0.15, 0.2) is 8.68 Å². The van der Waals surface area contributed by atoms with Gasteiger partial charge >= 0.3 is 0 Å². The van der Waals surface area contributed by atoms with E-state index in [-0.39, 0.29) is 20.6 Å². The van der Waals surface area contributed by atoms with Crippen LogP contribution in [0.2, 0.25) is 4.47 Å². The van der Waals surface area contributed by atoms with Crippen LogP contribution in [0.5, 0.6) is 0 Å². The van der Waals surface area contributed by atoms with Crippen LogP contribution >= 0.6 is 22.9 Å². The number of carbonyl (C=O) groups excluding carboxylic acids is 1. The molecule has 18 heavy (non-hydrogen) atoms. The minimum absolute atomic E-state index is 0.00132. The maximum atomic E-state index is 11.9. The lowest BCUT2D eigenvalue weighted by atomic mass is 10.3. The van der Waals surface area contributed by atoms with Crippen LogP contribution in [0.25, 0.3) is 0 Å². The van der Waals surface area contributed by atoms with E-state index in [9.17, 15) is 13.2 Å². The number of nitrogens with zero attached hydrogens (tertiary/aromatic N) is 1. The summed E-state index contributed by atoms with van der Waals surface area (Å²) in [5, 5.41) is 2.73. The molecule has 6 nitrogen and oxygen atoms in total. The normalized spacial score (nSPS) is 17.4. The van der Waals surface area contributed by atoms with Gasteiger partial charge in [-0.1, -0.05) is 22.9 Å². The first-order valence-electron chi connectivity index (χ1n) is 5.32. The highest BCUT2D eigenvalue weighted by Crippen LogP contribution is 2.22. The van der Waals surface area contributed by atoms with Gasteiger partial charge in [0.2, 0.25) is 5.91 Å². The summed E-state index contributed by atoms with van der Waals surface area (Å²) >= 11 is 6.43. The lowest BCUT2D eigenvalue weighted by Gasteiger charge is -2.12. The number of sulfonamides is 1. The third-order valence-electron chi connectivity index (χ3n) is 2.37. The van der Waals surface area contributed by atoms with Crippen molar-refractivity contribution in [3.8, 4) is 0 Å². The molecule has 1 saturated carbocycles. The molecule has 0 aliphatic heterocycles. The predicted octanol–water partition coefficient (Wildman–Crippen LogP) is 0.742. The number of halogens is 1. The quantitative estimate of drug-likeness (QED) is 0.840. The lowest BCUT2D eigenvalue weighted by molar-refractivity contribution is -0.122. The number of aromatic nitrogens is 1. The van der Waals surface area contributed by atoms with Crippen molar-refractivity contribution >= 4 is 38.9 Å². The van der Waals surface area contributed by atoms with Gasteiger partial charge in [-0.25, -0.2) is 13.4 Å². The Morgan fingerprint density at radius 1 is 1.61 bits per heavy atom. The van der Waals surface area contributed by atoms with Gasteiger partial charge in [0.1, 0.15) is 0 Å². The molecule has 1 fully saturated rings. The molecule has 0 aromatic carbocycles. The molecule has 1 aliphatic rings. The van der Waals surface area contributed by atoms with Crippen LogP contribution in [0.4, 0.5) is 0 Å². The van der Waals surface area contributed by atoms with Gasteiger partial charge in [0.25, 0.3) is 10.0 Å². The van der Waals surface area contributed by atoms with Crippen molar-refractivity contribution in [1.82, 2.24) is 15.0 Å². The summed E-state index contributed by atoms with van der Waals surface area (Å²) in [6.07, 6.45) is 3.08. The van der Waals surface area contributed by atoms with Crippen LogP contribution in [0, 0.1) is 0 Å². The summed E-state index contributed by atoms with van der Waals surface area (Å²) in [4.78, 5) is 15.3. The third kappa shape index (κ3) is 3.41. The van der Waals surface area contributed by atoms with Gasteiger partial charge < -0.3 is 5.32 Å². The highest BCUT2D eigenvalue weighted by molar-refractivity contribution is 7.91. The highest BCUT2D eigenvalue weighted by Gasteiger charge is 2.28. The number of carbonyl (C=O) groups is 1. The third-order valence-corrected chi connectivity index (χ3v) is 5.49. The molecule has 1 amide bonds. The molecular formula is C9H12ClN3O3S2. The van der Waals surface area contributed by atoms with Crippen molar-refractivity contribution in [2.45, 2.75) is 36.1 Å². The SMILES string of the molecule is CC(NS(=O)(=O)c1cnc(Cl)s1)C(=O)NC1CC1. The van der Waals surface area contributed by atoms with Gasteiger partial charge in [-0.3, -0.25) is 4.79 Å². The number of amides is 1. The van der Waals surface area contributed by atoms with Crippen molar-refractivity contribution in [2.24, 2.45) is 0 Å². The molecule has 2 rings (SSSR count). The molecule has 0 saturated heterocycles. The number of hydrogen-bond donors (Lipinski definition) is 2. The molecule has 1 heterocycles. The number of hydrogen-bond acceptors (Lipinski definition) is 5. The van der Waals surface area contributed by atoms with Crippen LogP contribution in [0.3, 0.4) is 0 Å². The zero-order valence-electron chi connectivity index (χ0n) is 9.51. The molecule has 100 valence electrons. The van der Waals surface area contributed by atoms with Crippen molar-refractivity contribution in [3.05, 3.63) is 10.7 Å². The van der Waals surface area contributed by atoms with E-state index in [1.807, 2.05) is 0 Å². The van der Waals surface area contributed by atoms with E-state index in [1.165, 1.54) is 13.1 Å². The van der Waals surface area contributed by atoms with Crippen LogP contribution < -0.4 is 10.0 Å². The van der Waals surface area contributed by atoms with Crippen LogP contribution in [-0.2, 0) is 14.8 Å². The van der Waals surface area contributed by atoms with E-state index in [0.29, 0.717) is 0 Å². The second kappa shape index (κ2) is 5.12. The van der Waals surface area contributed by atoms with Crippen LogP contribution in [0.1, 0.15) is 19.8 Å². The Balaban J connectivity index is 2.00. The first-order valence-corrected chi connectivity index (χ1v) is 8.00. The zero-order chi connectivity index (χ0) is 13.3. The monoisotopic (exact) mass is 309 g/mol. The highest BCUT2D eigenvalue weighted by atomic mass is 35.5. The molecule has 1 aromatic heterocycles. The smallest absolute Gasteiger partial charge is 0.252 e. The average molecular weight is 310 g/mol. The molecule has 9 heteroatoms. The fourth-order valence-corrected chi connectivity index (χ4v) is 3.77. The van der Waals surface area contributed by atoms with Crippen molar-refractivity contribution in [3.63, 3.8) is 0 Å². The second-order valence-electron chi connectivity index (χ2n) is 4.06. The van der Waals surface area contributed by atoms with Crippen molar-refractivity contribution in [1.29, 1.82) is 0 Å². The van der Waals surface area contributed by atoms with Gasteiger partial charge in [0.05, 0.1) is 12.2 Å². The Morgan fingerprint density at radius 2 is 2.28 bits per heavy atom. The molecule has 0 spiro atoms. The van der Waals surface area contributed by atoms with Gasteiger partial charge in [0, 0.05) is 6.04 Å². The Bertz CT molecular complexity index is 553. The fraction of sp³-hybridized carbons (Fsp3) is 0.556. The van der Waals surface area contributed by atoms with Crippen molar-refractivity contribution in [2.75, 3.05) is 0 Å². The topological polar surface area (TPSA) is 88.2 Å². The lowest BCUT2D eigenvalue weighted by Crippen LogP contribution is -2.45. The zero-order valence-corrected chi connectivity index (χ0v) is 11.9. The van der Waals surface area contributed by atoms with E-state index in [0.717, 1.165) is 24.2 Å². The second-order valence-corrected chi connectivity index (χ2v) is 7.61. The molecule has 1 atom stereocenters. The first kappa shape index (κ1) is 13.7. The van der Waals surface area contributed by atoms with E-state index in [4.69, 9.17) is 11.6 Å². The Kier molecular flexibility index (Phi) is 3.90. The molecule has 0 radical (unpaired) electrons. The first-order chi connectivity index (χ1) is 8.38. The van der Waals surface area contributed by atoms with Crippen molar-refractivity contribution < 1.29 is 13.2 Å². The van der Waals surface area contributed by atoms with E-state index >= 15 is 0 Å². The molecule has 1 unspecified atom stereocenters. The minimum Gasteiger partial charge on any atom is -0.352 e. The summed E-state index contributed by atoms with van der Waals surface area (Å²) in [6, 6.07) is -0.626. The summed E-state index contributed by atoms with van der Waals surface area (Å²) in [5.41, 5.74) is 0. The summed E-state index contributed by atoms with van der Waals surface area (Å²) in [5.74, 6) is -0.323. The van der Waals surface area contributed by atoms with E-state index in [2.05, 4.69) is 15.0 Å². The van der Waals surface area contributed by atoms with Crippen LogP contribution in [-0.4, -0.2) is 31.4 Å². The predicted molar refractivity (Wildman–Crippen MR) is 68.1 cm³/mol. The number of rotatable bonds is 5. The molecule has 1 aromatic rings. The maximum absolute atomic E-state index is 11.9. The van der Waals surface area contributed by atoms with E-state index < -0.39 is 16.1 Å². The Labute approximate surface area is 114 Å². The fourth-order valence-electron chi connectivity index (χ4n) is 1.26. The molecule has 1 aliphatic carbocycles. The Morgan fingerprint density at radius 3 is 2.78 bits per heavy atom. The molecule has 0 bridgehead atoms. The summed E-state index contributed by atoms with van der Waals surface area (Å²) in [6.45, 7) is 1.50. The average Bonchev–Trinajstić information content (AvgIpc) is 2.97. The molecule has 2 N–H and O–H groups in total. The summed E-state index contributed by atoms with van der Waals surface area (Å²) in [7, 11) is -3.74. The Hall–Kier alpha value is -0.700. The summed E-state index contributed by atoms with van der Waals surface area (Å²) < 4.78 is 26.2. The van der Waals surface area contributed by atoms with Gasteiger partial charge in [-0.15, -0.1) is 0 Å². The maximum Gasteiger partial charge on any atom is 0.252 e. The van der Waals surface area contributed by atoms with Crippen LogP contribution in [0.15, 0.2) is 10.4 Å².